The lowest BCUT2D eigenvalue weighted by Crippen LogP contribution is -2.44. The van der Waals surface area contributed by atoms with Crippen LogP contribution in [0.2, 0.25) is 0 Å². The van der Waals surface area contributed by atoms with Crippen molar-refractivity contribution in [2.24, 2.45) is 0 Å². The molecule has 1 aromatic carbocycles. The number of piperidine rings is 1. The number of benzene rings is 1. The van der Waals surface area contributed by atoms with Crippen molar-refractivity contribution < 1.29 is 0 Å². The quantitative estimate of drug-likeness (QED) is 0.895. The van der Waals surface area contributed by atoms with Crippen molar-refractivity contribution in [1.29, 1.82) is 0 Å². The number of nitrogens with zero attached hydrogens (tertiary/aromatic N) is 1. The largest absolute Gasteiger partial charge is 0.315 e. The maximum Gasteiger partial charge on any atom is 0.0218 e. The van der Waals surface area contributed by atoms with Crippen LogP contribution in [-0.2, 0) is 6.42 Å². The van der Waals surface area contributed by atoms with Gasteiger partial charge >= 0.3 is 0 Å². The minimum atomic E-state index is 0.722. The third-order valence-corrected chi connectivity index (χ3v) is 4.45. The van der Waals surface area contributed by atoms with E-state index in [-0.39, 0.29) is 0 Å². The van der Waals surface area contributed by atoms with Gasteiger partial charge in [0.15, 0.2) is 0 Å². The Hall–Kier alpha value is -0.860. The van der Waals surface area contributed by atoms with E-state index in [1.54, 1.807) is 5.56 Å². The zero-order valence-electron chi connectivity index (χ0n) is 12.9. The van der Waals surface area contributed by atoms with E-state index in [0.29, 0.717) is 0 Å². The third-order valence-electron chi connectivity index (χ3n) is 4.45. The Morgan fingerprint density at radius 2 is 1.89 bits per heavy atom. The topological polar surface area (TPSA) is 15.3 Å². The molecule has 1 aliphatic rings. The average Bonchev–Trinajstić information content (AvgIpc) is 2.38. The normalized spacial score (nSPS) is 19.9. The number of hydrogen-bond acceptors (Lipinski definition) is 2. The first-order valence-corrected chi connectivity index (χ1v) is 7.55. The number of nitrogens with one attached hydrogen (secondary N) is 1. The predicted octanol–water partition coefficient (Wildman–Crippen LogP) is 2.84. The van der Waals surface area contributed by atoms with Gasteiger partial charge in [0.1, 0.15) is 0 Å². The van der Waals surface area contributed by atoms with Crippen molar-refractivity contribution in [3.63, 3.8) is 0 Å². The van der Waals surface area contributed by atoms with Crippen LogP contribution in [0.3, 0.4) is 0 Å². The summed E-state index contributed by atoms with van der Waals surface area (Å²) in [6.45, 7) is 10.2. The fourth-order valence-electron chi connectivity index (χ4n) is 3.28. The van der Waals surface area contributed by atoms with Crippen molar-refractivity contribution >= 4 is 0 Å². The summed E-state index contributed by atoms with van der Waals surface area (Å²) in [6, 6.07) is 5.34. The summed E-state index contributed by atoms with van der Waals surface area (Å²) < 4.78 is 0. The Balaban J connectivity index is 1.94. The first kappa shape index (κ1) is 14.5. The lowest BCUT2D eigenvalue weighted by Gasteiger charge is -2.32. The summed E-state index contributed by atoms with van der Waals surface area (Å²) in [5.41, 5.74) is 5.82. The van der Waals surface area contributed by atoms with E-state index < -0.39 is 0 Å². The maximum atomic E-state index is 3.50. The SMILES string of the molecule is Cc1cc(C)c(CCN(C)C2CCCNC2)c(C)c1. The van der Waals surface area contributed by atoms with Crippen LogP contribution in [0.5, 0.6) is 0 Å². The molecular formula is C17H28N2. The van der Waals surface area contributed by atoms with Gasteiger partial charge in [0, 0.05) is 19.1 Å². The van der Waals surface area contributed by atoms with Crippen LogP contribution in [0.25, 0.3) is 0 Å². The first-order valence-electron chi connectivity index (χ1n) is 7.55. The molecule has 1 N–H and O–H groups in total. The lowest BCUT2D eigenvalue weighted by molar-refractivity contribution is 0.205. The van der Waals surface area contributed by atoms with Gasteiger partial charge in [0.25, 0.3) is 0 Å². The number of hydrogen-bond donors (Lipinski definition) is 1. The van der Waals surface area contributed by atoms with E-state index in [9.17, 15) is 0 Å². The van der Waals surface area contributed by atoms with E-state index in [2.05, 4.69) is 50.2 Å². The Bertz CT molecular complexity index is 396. The lowest BCUT2D eigenvalue weighted by atomic mass is 9.97. The summed E-state index contributed by atoms with van der Waals surface area (Å²) in [6.07, 6.45) is 3.83. The molecule has 2 rings (SSSR count). The van der Waals surface area contributed by atoms with E-state index >= 15 is 0 Å². The molecule has 1 atom stereocenters. The van der Waals surface area contributed by atoms with Crippen LogP contribution in [-0.4, -0.2) is 37.6 Å². The van der Waals surface area contributed by atoms with Crippen LogP contribution in [0.4, 0.5) is 0 Å². The molecule has 106 valence electrons. The molecule has 1 aromatic rings. The van der Waals surface area contributed by atoms with Crippen LogP contribution in [0.15, 0.2) is 12.1 Å². The van der Waals surface area contributed by atoms with Gasteiger partial charge in [0.05, 0.1) is 0 Å². The van der Waals surface area contributed by atoms with Gasteiger partial charge in [-0.15, -0.1) is 0 Å². The molecule has 2 heteroatoms. The van der Waals surface area contributed by atoms with E-state index in [0.717, 1.165) is 19.1 Å². The Morgan fingerprint density at radius 1 is 1.21 bits per heavy atom. The van der Waals surface area contributed by atoms with Gasteiger partial charge in [-0.2, -0.15) is 0 Å². The van der Waals surface area contributed by atoms with Crippen LogP contribution < -0.4 is 5.32 Å². The molecule has 1 aliphatic heterocycles. The molecule has 2 nitrogen and oxygen atoms in total. The van der Waals surface area contributed by atoms with Gasteiger partial charge in [-0.3, -0.25) is 0 Å². The first-order chi connectivity index (χ1) is 9.08. The minimum absolute atomic E-state index is 0.722. The van der Waals surface area contributed by atoms with Gasteiger partial charge in [0.2, 0.25) is 0 Å². The monoisotopic (exact) mass is 260 g/mol. The highest BCUT2D eigenvalue weighted by atomic mass is 15.2. The zero-order valence-corrected chi connectivity index (χ0v) is 12.9. The molecule has 0 spiro atoms. The molecule has 0 bridgehead atoms. The van der Waals surface area contributed by atoms with Crippen molar-refractivity contribution in [1.82, 2.24) is 10.2 Å². The smallest absolute Gasteiger partial charge is 0.0218 e. The van der Waals surface area contributed by atoms with Crippen molar-refractivity contribution in [2.45, 2.75) is 46.1 Å². The second-order valence-electron chi connectivity index (χ2n) is 6.11. The van der Waals surface area contributed by atoms with Crippen LogP contribution >= 0.6 is 0 Å². The average molecular weight is 260 g/mol. The second kappa shape index (κ2) is 6.53. The third kappa shape index (κ3) is 3.80. The molecule has 0 aromatic heterocycles. The zero-order chi connectivity index (χ0) is 13.8. The molecule has 0 aliphatic carbocycles. The van der Waals surface area contributed by atoms with Crippen molar-refractivity contribution in [3.8, 4) is 0 Å². The number of likely N-dealkylation sites (N-methyl/N-ethyl adjacent to an activating group) is 1. The Labute approximate surface area is 118 Å². The number of rotatable bonds is 4. The summed E-state index contributed by atoms with van der Waals surface area (Å²) in [7, 11) is 2.27. The molecule has 0 amide bonds. The number of aryl methyl sites for hydroxylation is 3. The fourth-order valence-corrected chi connectivity index (χ4v) is 3.28. The molecular weight excluding hydrogens is 232 g/mol. The summed E-state index contributed by atoms with van der Waals surface area (Å²) in [5.74, 6) is 0. The molecule has 1 saturated heterocycles. The highest BCUT2D eigenvalue weighted by Crippen LogP contribution is 2.18. The van der Waals surface area contributed by atoms with E-state index in [4.69, 9.17) is 0 Å². The van der Waals surface area contributed by atoms with E-state index in [1.165, 1.54) is 42.5 Å². The minimum Gasteiger partial charge on any atom is -0.315 e. The van der Waals surface area contributed by atoms with E-state index in [1.807, 2.05) is 0 Å². The van der Waals surface area contributed by atoms with Gasteiger partial charge in [-0.1, -0.05) is 17.7 Å². The Morgan fingerprint density at radius 3 is 2.47 bits per heavy atom. The fraction of sp³-hybridized carbons (Fsp3) is 0.647. The Kier molecular flexibility index (Phi) is 5.00. The standard InChI is InChI=1S/C17H28N2/c1-13-10-14(2)17(15(3)11-13)7-9-19(4)16-6-5-8-18-12-16/h10-11,16,18H,5-9,12H2,1-4H3. The maximum absolute atomic E-state index is 3.50. The summed E-state index contributed by atoms with van der Waals surface area (Å²) >= 11 is 0. The van der Waals surface area contributed by atoms with Gasteiger partial charge < -0.3 is 10.2 Å². The van der Waals surface area contributed by atoms with Crippen molar-refractivity contribution in [2.75, 3.05) is 26.7 Å². The molecule has 0 radical (unpaired) electrons. The molecule has 1 fully saturated rings. The predicted molar refractivity (Wildman–Crippen MR) is 82.9 cm³/mol. The van der Waals surface area contributed by atoms with Crippen LogP contribution in [0, 0.1) is 20.8 Å². The molecule has 1 unspecified atom stereocenters. The van der Waals surface area contributed by atoms with Gasteiger partial charge in [-0.25, -0.2) is 0 Å². The highest BCUT2D eigenvalue weighted by Gasteiger charge is 2.17. The summed E-state index contributed by atoms with van der Waals surface area (Å²) in [4.78, 5) is 2.53. The van der Waals surface area contributed by atoms with Gasteiger partial charge in [-0.05, 0) is 70.3 Å². The summed E-state index contributed by atoms with van der Waals surface area (Å²) in [5, 5.41) is 3.50. The second-order valence-corrected chi connectivity index (χ2v) is 6.11. The molecule has 1 heterocycles. The van der Waals surface area contributed by atoms with Crippen molar-refractivity contribution in [3.05, 3.63) is 34.4 Å². The van der Waals surface area contributed by atoms with Crippen LogP contribution in [0.1, 0.15) is 35.1 Å². The molecule has 0 saturated carbocycles. The molecule has 19 heavy (non-hydrogen) atoms. The highest BCUT2D eigenvalue weighted by molar-refractivity contribution is 5.37.